The van der Waals surface area contributed by atoms with Gasteiger partial charge in [0.2, 0.25) is 5.91 Å². The molecule has 2 aliphatic rings. The summed E-state index contributed by atoms with van der Waals surface area (Å²) in [6, 6.07) is 18.0. The van der Waals surface area contributed by atoms with Crippen LogP contribution in [0.4, 0.5) is 4.39 Å². The van der Waals surface area contributed by atoms with Crippen LogP contribution in [-0.4, -0.2) is 61.3 Å². The molecule has 1 amide bonds. The number of hydrogen-bond acceptors (Lipinski definition) is 7. The van der Waals surface area contributed by atoms with Crippen molar-refractivity contribution < 1.29 is 42.8 Å². The molecule has 49 heavy (non-hydrogen) atoms. The zero-order chi connectivity index (χ0) is 34.8. The van der Waals surface area contributed by atoms with Crippen molar-refractivity contribution in [3.8, 4) is 17.2 Å². The third kappa shape index (κ3) is 9.31. The number of halogens is 1. The quantitative estimate of drug-likeness (QED) is 0.178. The largest absolute Gasteiger partial charge is 0.493 e. The lowest BCUT2D eigenvalue weighted by Crippen LogP contribution is -2.51. The smallest absolute Gasteiger partial charge is 0.341 e. The highest BCUT2D eigenvalue weighted by Crippen LogP contribution is 2.39. The van der Waals surface area contributed by atoms with E-state index in [0.717, 1.165) is 50.5 Å². The molecule has 0 spiro atoms. The topological polar surface area (TPSA) is 112 Å². The van der Waals surface area contributed by atoms with Gasteiger partial charge >= 0.3 is 11.9 Å². The second-order valence-electron chi connectivity index (χ2n) is 12.9. The number of rotatable bonds is 14. The first-order valence-electron chi connectivity index (χ1n) is 17.2. The molecule has 9 nitrogen and oxygen atoms in total. The van der Waals surface area contributed by atoms with E-state index in [1.54, 1.807) is 43.4 Å². The second-order valence-corrected chi connectivity index (χ2v) is 12.9. The Morgan fingerprint density at radius 1 is 0.857 bits per heavy atom. The minimum atomic E-state index is -1.10. The number of piperidine rings is 1. The molecule has 1 heterocycles. The minimum Gasteiger partial charge on any atom is -0.493 e. The zero-order valence-corrected chi connectivity index (χ0v) is 28.3. The van der Waals surface area contributed by atoms with Gasteiger partial charge in [0, 0.05) is 6.54 Å². The molecule has 1 aliphatic heterocycles. The monoisotopic (exact) mass is 675 g/mol. The fourth-order valence-corrected chi connectivity index (χ4v) is 7.20. The maximum Gasteiger partial charge on any atom is 0.341 e. The third-order valence-electron chi connectivity index (χ3n) is 9.65. The van der Waals surface area contributed by atoms with E-state index < -0.39 is 36.6 Å². The first kappa shape index (κ1) is 35.7. The van der Waals surface area contributed by atoms with Gasteiger partial charge in [-0.05, 0) is 104 Å². The summed E-state index contributed by atoms with van der Waals surface area (Å²) in [5.41, 5.74) is 2.24. The summed E-state index contributed by atoms with van der Waals surface area (Å²) < 4.78 is 37.0. The number of amides is 1. The van der Waals surface area contributed by atoms with Crippen LogP contribution in [0.5, 0.6) is 17.2 Å². The molecule has 0 bridgehead atoms. The highest BCUT2D eigenvalue weighted by Gasteiger charge is 2.41. The zero-order valence-electron chi connectivity index (χ0n) is 28.3. The molecule has 3 atom stereocenters. The maximum atomic E-state index is 14.5. The number of aryl methyl sites for hydroxylation is 1. The van der Waals surface area contributed by atoms with Crippen molar-refractivity contribution in [2.24, 2.45) is 5.92 Å². The van der Waals surface area contributed by atoms with Crippen LogP contribution in [-0.2, 0) is 25.5 Å². The average Bonchev–Trinajstić information content (AvgIpc) is 3.13. The van der Waals surface area contributed by atoms with E-state index in [4.69, 9.17) is 24.1 Å². The number of carbonyl (C=O) groups excluding carboxylic acids is 2. The van der Waals surface area contributed by atoms with Crippen LogP contribution in [0.25, 0.3) is 0 Å². The fraction of sp³-hybridized carbons (Fsp3) is 0.462. The average molecular weight is 676 g/mol. The van der Waals surface area contributed by atoms with Gasteiger partial charge in [-0.1, -0.05) is 49.6 Å². The van der Waals surface area contributed by atoms with Crippen LogP contribution in [0, 0.1) is 11.7 Å². The molecule has 3 aromatic carbocycles. The van der Waals surface area contributed by atoms with Crippen LogP contribution < -0.4 is 14.2 Å². The van der Waals surface area contributed by atoms with Crippen LogP contribution in [0.1, 0.15) is 86.5 Å². The predicted molar refractivity (Wildman–Crippen MR) is 181 cm³/mol. The maximum absolute atomic E-state index is 14.5. The summed E-state index contributed by atoms with van der Waals surface area (Å²) in [5.74, 6) is -1.07. The number of nitrogens with zero attached hydrogens (tertiary/aromatic N) is 1. The molecule has 2 unspecified atom stereocenters. The third-order valence-corrected chi connectivity index (χ3v) is 9.65. The summed E-state index contributed by atoms with van der Waals surface area (Å²) in [5, 5.41) is 9.12. The van der Waals surface area contributed by atoms with Crippen molar-refractivity contribution in [3.05, 3.63) is 89.2 Å². The van der Waals surface area contributed by atoms with Crippen LogP contribution in [0.3, 0.4) is 0 Å². The molecule has 1 N–H and O–H groups in total. The van der Waals surface area contributed by atoms with Gasteiger partial charge in [-0.2, -0.15) is 0 Å². The van der Waals surface area contributed by atoms with Crippen molar-refractivity contribution in [3.63, 3.8) is 0 Å². The van der Waals surface area contributed by atoms with Gasteiger partial charge in [0.05, 0.1) is 20.1 Å². The first-order chi connectivity index (χ1) is 23.8. The molecule has 0 radical (unpaired) electrons. The number of benzene rings is 3. The second kappa shape index (κ2) is 17.2. The minimum absolute atomic E-state index is 0.0735. The number of carboxylic acid groups (broad SMARTS) is 1. The van der Waals surface area contributed by atoms with Crippen molar-refractivity contribution in [2.75, 3.05) is 27.4 Å². The number of ether oxygens (including phenoxy) is 4. The fourth-order valence-electron chi connectivity index (χ4n) is 7.20. The van der Waals surface area contributed by atoms with Gasteiger partial charge in [0.25, 0.3) is 0 Å². The summed E-state index contributed by atoms with van der Waals surface area (Å²) >= 11 is 0. The molecule has 3 aromatic rings. The van der Waals surface area contributed by atoms with E-state index in [1.807, 2.05) is 30.3 Å². The van der Waals surface area contributed by atoms with E-state index in [9.17, 15) is 18.8 Å². The van der Waals surface area contributed by atoms with E-state index in [2.05, 4.69) is 0 Å². The molecule has 1 saturated heterocycles. The van der Waals surface area contributed by atoms with E-state index in [1.165, 1.54) is 12.1 Å². The lowest BCUT2D eigenvalue weighted by molar-refractivity contribution is -0.163. The summed E-state index contributed by atoms with van der Waals surface area (Å²) in [4.78, 5) is 41.5. The molecule has 1 aliphatic carbocycles. The Balaban J connectivity index is 1.40. The molecular formula is C39H46FNO8. The van der Waals surface area contributed by atoms with Crippen molar-refractivity contribution in [1.82, 2.24) is 4.90 Å². The molecule has 262 valence electrons. The van der Waals surface area contributed by atoms with Gasteiger partial charge in [-0.25, -0.2) is 14.0 Å². The van der Waals surface area contributed by atoms with Gasteiger partial charge in [-0.3, -0.25) is 4.79 Å². The lowest BCUT2D eigenvalue weighted by atomic mass is 9.75. The molecular weight excluding hydrogens is 629 g/mol. The highest BCUT2D eigenvalue weighted by atomic mass is 19.1. The van der Waals surface area contributed by atoms with Gasteiger partial charge < -0.3 is 29.0 Å². The van der Waals surface area contributed by atoms with Crippen LogP contribution in [0.2, 0.25) is 0 Å². The van der Waals surface area contributed by atoms with Crippen LogP contribution in [0.15, 0.2) is 66.7 Å². The molecule has 10 heteroatoms. The Morgan fingerprint density at radius 3 is 2.33 bits per heavy atom. The van der Waals surface area contributed by atoms with E-state index in [-0.39, 0.29) is 17.6 Å². The Bertz CT molecular complexity index is 1590. The number of carboxylic acids is 1. The summed E-state index contributed by atoms with van der Waals surface area (Å²) in [7, 11) is 3.14. The number of carbonyl (C=O) groups is 3. The lowest BCUT2D eigenvalue weighted by Gasteiger charge is -2.39. The van der Waals surface area contributed by atoms with E-state index >= 15 is 0 Å². The normalized spacial score (nSPS) is 17.9. The van der Waals surface area contributed by atoms with Crippen molar-refractivity contribution >= 4 is 17.8 Å². The Morgan fingerprint density at radius 2 is 1.59 bits per heavy atom. The molecule has 2 fully saturated rings. The Hall–Kier alpha value is -4.60. The number of methoxy groups -OCH3 is 2. The molecule has 0 aromatic heterocycles. The van der Waals surface area contributed by atoms with Gasteiger partial charge in [-0.15, -0.1) is 0 Å². The standard InChI is InChI=1S/C39H46FNO8/c1-46-34-20-18-26(22-35(34)47-2)17-19-33(28-12-9-15-31(24-28)48-25-36(42)43)49-39(45)32-16-6-7-21-41(32)38(44)37(27-10-4-3-5-11-27)29-13-8-14-30(40)23-29/h8-9,12-15,18,20,22-24,27,32-33,37H,3-7,10-11,16-17,19,21,25H2,1-2H3,(H,42,43)/t32-,33?,37?/m0/s1. The Labute approximate surface area is 287 Å². The predicted octanol–water partition coefficient (Wildman–Crippen LogP) is 7.27. The number of esters is 1. The van der Waals surface area contributed by atoms with Crippen molar-refractivity contribution in [1.29, 1.82) is 0 Å². The summed E-state index contributed by atoms with van der Waals surface area (Å²) in [6.07, 6.45) is 7.13. The number of likely N-dealkylation sites (tertiary alicyclic amines) is 1. The first-order valence-corrected chi connectivity index (χ1v) is 17.2. The van der Waals surface area contributed by atoms with Crippen molar-refractivity contribution in [2.45, 2.75) is 82.3 Å². The Kier molecular flexibility index (Phi) is 12.5. The number of aliphatic carboxylic acids is 1. The highest BCUT2D eigenvalue weighted by molar-refractivity contribution is 5.89. The van der Waals surface area contributed by atoms with Gasteiger partial charge in [0.15, 0.2) is 18.1 Å². The van der Waals surface area contributed by atoms with Crippen LogP contribution >= 0.6 is 0 Å². The number of hydrogen-bond donors (Lipinski definition) is 1. The summed E-state index contributed by atoms with van der Waals surface area (Å²) in [6.45, 7) is -0.0852. The molecule has 1 saturated carbocycles. The SMILES string of the molecule is COc1ccc(CCC(OC(=O)[C@@H]2CCCCN2C(=O)C(c2cccc(F)c2)C2CCCCC2)c2cccc(OCC(=O)O)c2)cc1OC. The van der Waals surface area contributed by atoms with E-state index in [0.29, 0.717) is 54.2 Å². The molecule has 5 rings (SSSR count). The van der Waals surface area contributed by atoms with Gasteiger partial charge in [0.1, 0.15) is 23.7 Å².